The average molecular weight is 634 g/mol. The van der Waals surface area contributed by atoms with Crippen molar-refractivity contribution in [3.8, 4) is 44.5 Å². The molecule has 0 aliphatic heterocycles. The van der Waals surface area contributed by atoms with Crippen LogP contribution in [-0.4, -0.2) is 0 Å². The Hall–Kier alpha value is -6.44. The molecule has 1 heterocycles. The fourth-order valence-electron chi connectivity index (χ4n) is 7.15. The van der Waals surface area contributed by atoms with Crippen LogP contribution in [0.2, 0.25) is 0 Å². The Kier molecular flexibility index (Phi) is 4.25. The van der Waals surface area contributed by atoms with Crippen molar-refractivity contribution >= 4 is 54.3 Å². The van der Waals surface area contributed by atoms with E-state index in [9.17, 15) is 4.11 Å². The highest BCUT2D eigenvalue weighted by molar-refractivity contribution is 6.25. The lowest BCUT2D eigenvalue weighted by Crippen LogP contribution is -1.91. The van der Waals surface area contributed by atoms with Crippen LogP contribution < -0.4 is 0 Å². The highest BCUT2D eigenvalue weighted by Crippen LogP contribution is 2.47. The maximum Gasteiger partial charge on any atom is 0.143 e. The lowest BCUT2D eigenvalue weighted by Gasteiger charge is -2.18. The second-order valence-electron chi connectivity index (χ2n) is 12.0. The Morgan fingerprint density at radius 1 is 0.388 bits per heavy atom. The Morgan fingerprint density at radius 2 is 1.02 bits per heavy atom. The first kappa shape index (κ1) is 18.8. The van der Waals surface area contributed by atoms with Gasteiger partial charge >= 0.3 is 0 Å². The normalized spacial score (nSPS) is 14.8. The average Bonchev–Trinajstić information content (AvgIpc) is 3.67. The maximum atomic E-state index is 9.46. The zero-order chi connectivity index (χ0) is 41.9. The van der Waals surface area contributed by atoms with Gasteiger partial charge in [-0.3, -0.25) is 0 Å². The largest absolute Gasteiger partial charge is 0.455 e. The number of rotatable bonds is 4. The molecule has 1 nitrogen and oxygen atoms in total. The lowest BCUT2D eigenvalue weighted by atomic mass is 9.85. The summed E-state index contributed by atoms with van der Waals surface area (Å²) >= 11 is 0. The minimum absolute atomic E-state index is 0.0514. The Balaban J connectivity index is 1.32. The van der Waals surface area contributed by atoms with Gasteiger partial charge in [-0.05, 0) is 83.9 Å². The van der Waals surface area contributed by atoms with Crippen LogP contribution in [-0.2, 0) is 0 Å². The predicted octanol–water partition coefficient (Wildman–Crippen LogP) is 13.7. The number of fused-ring (bicyclic) bond motifs is 6. The van der Waals surface area contributed by atoms with Crippen LogP contribution in [0.1, 0.15) is 15.1 Å². The first-order chi connectivity index (χ1) is 28.9. The number of benzene rings is 9. The van der Waals surface area contributed by atoms with Gasteiger partial charge in [-0.15, -0.1) is 0 Å². The van der Waals surface area contributed by atoms with Crippen LogP contribution in [0.3, 0.4) is 0 Å². The molecule has 228 valence electrons. The van der Waals surface area contributed by atoms with Crippen molar-refractivity contribution < 1.29 is 19.5 Å². The molecule has 49 heavy (non-hydrogen) atoms. The zero-order valence-corrected chi connectivity index (χ0v) is 25.9. The first-order valence-electron chi connectivity index (χ1n) is 21.4. The van der Waals surface area contributed by atoms with Gasteiger partial charge in [0.05, 0.1) is 15.1 Å². The van der Waals surface area contributed by atoms with Crippen LogP contribution >= 0.6 is 0 Å². The molecule has 0 atom stereocenters. The summed E-state index contributed by atoms with van der Waals surface area (Å²) in [7, 11) is 0. The highest BCUT2D eigenvalue weighted by atomic mass is 16.3. The summed E-state index contributed by atoms with van der Waals surface area (Å²) in [4.78, 5) is 0. The zero-order valence-electron chi connectivity index (χ0n) is 36.9. The Morgan fingerprint density at radius 3 is 1.80 bits per heavy atom. The summed E-state index contributed by atoms with van der Waals surface area (Å²) in [5, 5.41) is 5.23. The van der Waals surface area contributed by atoms with E-state index in [4.69, 9.17) is 15.4 Å². The quantitative estimate of drug-likeness (QED) is 0.176. The minimum atomic E-state index is -0.657. The molecule has 0 aliphatic carbocycles. The molecule has 1 heteroatoms. The molecule has 0 radical (unpaired) electrons. The number of furan rings is 1. The smallest absolute Gasteiger partial charge is 0.143 e. The van der Waals surface area contributed by atoms with E-state index in [1.807, 2.05) is 66.7 Å². The van der Waals surface area contributed by atoms with Gasteiger partial charge in [0.15, 0.2) is 0 Å². The van der Waals surface area contributed by atoms with Crippen LogP contribution in [0.25, 0.3) is 98.8 Å². The van der Waals surface area contributed by atoms with Gasteiger partial charge in [-0.2, -0.15) is 0 Å². The molecule has 0 amide bonds. The molecule has 9 aromatic carbocycles. The molecule has 10 aromatic rings. The number of para-hydroxylation sites is 1. The van der Waals surface area contributed by atoms with Gasteiger partial charge in [-0.1, -0.05) is 164 Å². The standard InChI is InChI=1S/C48H30O/c1-2-14-32(15-3-1)37-23-12-26-44-47(37)43-25-11-24-42(48(43)49-44)46-40-21-8-6-19-38(40)45(39-20-7-9-22-41(39)46)36-18-10-17-34(30-36)35-28-27-31-13-4-5-16-33(31)29-35/h1-30H/i1D,2D,3D,11D,12D,14D,15D,23D,24D,25D,26D. The summed E-state index contributed by atoms with van der Waals surface area (Å²) < 4.78 is 104. The molecule has 0 bridgehead atoms. The highest BCUT2D eigenvalue weighted by Gasteiger charge is 2.21. The van der Waals surface area contributed by atoms with E-state index in [0.29, 0.717) is 16.3 Å². The molecule has 0 saturated carbocycles. The molecule has 0 spiro atoms. The monoisotopic (exact) mass is 633 g/mol. The van der Waals surface area contributed by atoms with Crippen LogP contribution in [0, 0.1) is 0 Å². The van der Waals surface area contributed by atoms with E-state index in [-0.39, 0.29) is 44.7 Å². The molecule has 0 unspecified atom stereocenters. The van der Waals surface area contributed by atoms with E-state index < -0.39 is 60.4 Å². The summed E-state index contributed by atoms with van der Waals surface area (Å²) in [6.45, 7) is 0. The third-order valence-corrected chi connectivity index (χ3v) is 9.29. The third-order valence-electron chi connectivity index (χ3n) is 9.29. The van der Waals surface area contributed by atoms with Crippen LogP contribution in [0.15, 0.2) is 186 Å². The summed E-state index contributed by atoms with van der Waals surface area (Å²) in [6, 6.07) is 32.3. The summed E-state index contributed by atoms with van der Waals surface area (Å²) in [6.07, 6.45) is 0. The lowest BCUT2D eigenvalue weighted by molar-refractivity contribution is 0.670. The fourth-order valence-corrected chi connectivity index (χ4v) is 7.15. The van der Waals surface area contributed by atoms with Crippen molar-refractivity contribution in [2.45, 2.75) is 0 Å². The molecule has 0 saturated heterocycles. The molecule has 1 aromatic heterocycles. The Labute approximate surface area is 299 Å². The molecule has 10 rings (SSSR count). The van der Waals surface area contributed by atoms with Gasteiger partial charge in [0, 0.05) is 21.9 Å². The topological polar surface area (TPSA) is 13.1 Å². The first-order valence-corrected chi connectivity index (χ1v) is 15.9. The number of hydrogen-bond acceptors (Lipinski definition) is 1. The second kappa shape index (κ2) is 11.1. The van der Waals surface area contributed by atoms with Gasteiger partial charge in [0.2, 0.25) is 0 Å². The van der Waals surface area contributed by atoms with Gasteiger partial charge in [0.25, 0.3) is 0 Å². The van der Waals surface area contributed by atoms with Gasteiger partial charge < -0.3 is 4.42 Å². The molecule has 0 aliphatic rings. The van der Waals surface area contributed by atoms with Crippen molar-refractivity contribution in [2.75, 3.05) is 0 Å². The van der Waals surface area contributed by atoms with Crippen molar-refractivity contribution in [2.24, 2.45) is 0 Å². The van der Waals surface area contributed by atoms with Gasteiger partial charge in [-0.25, -0.2) is 0 Å². The third kappa shape index (κ3) is 4.40. The maximum absolute atomic E-state index is 9.46. The SMILES string of the molecule is [2H]c1c([2H])c([2H])c(-c2c([2H])c([2H])c([2H])c3oc4c(-c5c6ccccc6c(-c6cccc(-c7ccc8ccccc8c7)c6)c6ccccc56)c([2H])c([2H])c([2H])c4c23)c([2H])c1[2H]. The van der Waals surface area contributed by atoms with Crippen LogP contribution in [0.4, 0.5) is 0 Å². The predicted molar refractivity (Wildman–Crippen MR) is 208 cm³/mol. The second-order valence-corrected chi connectivity index (χ2v) is 12.0. The molecular weight excluding hydrogens is 593 g/mol. The summed E-state index contributed by atoms with van der Waals surface area (Å²) in [5.74, 6) is 0. The van der Waals surface area contributed by atoms with Crippen molar-refractivity contribution in [1.82, 2.24) is 0 Å². The van der Waals surface area contributed by atoms with E-state index in [0.717, 1.165) is 43.8 Å². The molecular formula is C48H30O. The molecule has 0 N–H and O–H groups in total. The van der Waals surface area contributed by atoms with Crippen molar-refractivity contribution in [3.05, 3.63) is 182 Å². The fraction of sp³-hybridized carbons (Fsp3) is 0. The van der Waals surface area contributed by atoms with Crippen molar-refractivity contribution in [3.63, 3.8) is 0 Å². The van der Waals surface area contributed by atoms with Gasteiger partial charge in [0.1, 0.15) is 11.2 Å². The van der Waals surface area contributed by atoms with Crippen LogP contribution in [0.5, 0.6) is 0 Å². The summed E-state index contributed by atoms with van der Waals surface area (Å²) in [5.41, 5.74) is 3.69. The van der Waals surface area contributed by atoms with E-state index in [1.54, 1.807) is 0 Å². The number of hydrogen-bond donors (Lipinski definition) is 0. The van der Waals surface area contributed by atoms with Crippen molar-refractivity contribution in [1.29, 1.82) is 0 Å². The Bertz CT molecular complexity index is 3430. The van der Waals surface area contributed by atoms with E-state index >= 15 is 0 Å². The van der Waals surface area contributed by atoms with E-state index in [2.05, 4.69) is 48.5 Å². The minimum Gasteiger partial charge on any atom is -0.455 e. The van der Waals surface area contributed by atoms with E-state index in [1.165, 1.54) is 0 Å². The molecule has 0 fully saturated rings.